The van der Waals surface area contributed by atoms with Crippen molar-refractivity contribution in [2.24, 2.45) is 5.50 Å². The smallest absolute Gasteiger partial charge is 0.336 e. The topological polar surface area (TPSA) is 52.3 Å². The van der Waals surface area contributed by atoms with Crippen molar-refractivity contribution in [2.45, 2.75) is 0 Å². The van der Waals surface area contributed by atoms with E-state index < -0.39 is 7.52 Å². The predicted molar refractivity (Wildman–Crippen MR) is 49.1 cm³/mol. The van der Waals surface area contributed by atoms with Gasteiger partial charge in [-0.1, -0.05) is 24.8 Å². The molecular formula is C8H10NO2P. The summed E-state index contributed by atoms with van der Waals surface area (Å²) in [5.41, 5.74) is 5.26. The second-order valence-corrected chi connectivity index (χ2v) is 4.07. The van der Waals surface area contributed by atoms with Crippen molar-refractivity contribution < 1.29 is 9.09 Å². The molecule has 0 saturated heterocycles. The quantitative estimate of drug-likeness (QED) is 0.732. The van der Waals surface area contributed by atoms with Crippen molar-refractivity contribution in [3.63, 3.8) is 0 Å². The van der Waals surface area contributed by atoms with Crippen LogP contribution in [0.15, 0.2) is 42.7 Å². The molecule has 0 amide bonds. The van der Waals surface area contributed by atoms with Crippen molar-refractivity contribution >= 4 is 7.52 Å². The molecule has 1 rings (SSSR count). The van der Waals surface area contributed by atoms with Crippen molar-refractivity contribution in [1.82, 2.24) is 0 Å². The van der Waals surface area contributed by atoms with E-state index in [1.54, 1.807) is 24.3 Å². The van der Waals surface area contributed by atoms with E-state index in [9.17, 15) is 4.57 Å². The molecule has 0 aromatic heterocycles. The predicted octanol–water partition coefficient (Wildman–Crippen LogP) is 2.36. The van der Waals surface area contributed by atoms with Gasteiger partial charge in [-0.05, 0) is 12.1 Å². The van der Waals surface area contributed by atoms with Crippen LogP contribution in [0.1, 0.15) is 0 Å². The Hall–Kier alpha value is -1.05. The van der Waals surface area contributed by atoms with Gasteiger partial charge in [-0.3, -0.25) is 4.57 Å². The molecule has 1 unspecified atom stereocenters. The third kappa shape index (κ3) is 2.53. The maximum absolute atomic E-state index is 11.2. The van der Waals surface area contributed by atoms with Gasteiger partial charge in [0.25, 0.3) is 0 Å². The molecule has 1 atom stereocenters. The summed E-state index contributed by atoms with van der Waals surface area (Å²) in [4.78, 5) is 0. The first-order valence-corrected chi connectivity index (χ1v) is 5.17. The summed E-state index contributed by atoms with van der Waals surface area (Å²) < 4.78 is 16.2. The molecule has 0 fully saturated rings. The molecule has 1 aromatic rings. The highest BCUT2D eigenvalue weighted by Crippen LogP contribution is 2.39. The summed E-state index contributed by atoms with van der Waals surface area (Å²) in [7, 11) is -3.13. The molecule has 0 aliphatic rings. The van der Waals surface area contributed by atoms with Crippen LogP contribution in [0, 0.1) is 0 Å². The molecule has 0 aliphatic heterocycles. The largest absolute Gasteiger partial charge is 0.430 e. The van der Waals surface area contributed by atoms with Crippen molar-refractivity contribution in [1.29, 1.82) is 0 Å². The van der Waals surface area contributed by atoms with Crippen LogP contribution < -0.4 is 10.0 Å². The molecule has 64 valence electrons. The Balaban J connectivity index is 2.77. The Morgan fingerprint density at radius 3 is 2.50 bits per heavy atom. The zero-order valence-electron chi connectivity index (χ0n) is 6.51. The van der Waals surface area contributed by atoms with Crippen LogP contribution in [0.2, 0.25) is 0 Å². The van der Waals surface area contributed by atoms with Crippen LogP contribution in [0.5, 0.6) is 5.75 Å². The van der Waals surface area contributed by atoms with E-state index in [2.05, 4.69) is 6.58 Å². The van der Waals surface area contributed by atoms with E-state index in [0.29, 0.717) is 5.75 Å². The van der Waals surface area contributed by atoms with Gasteiger partial charge < -0.3 is 4.52 Å². The number of benzene rings is 1. The summed E-state index contributed by atoms with van der Waals surface area (Å²) in [5.74, 6) is 1.61. The third-order valence-electron chi connectivity index (χ3n) is 1.25. The summed E-state index contributed by atoms with van der Waals surface area (Å²) in [6.45, 7) is 3.32. The molecule has 0 heterocycles. The van der Waals surface area contributed by atoms with Gasteiger partial charge >= 0.3 is 7.52 Å². The lowest BCUT2D eigenvalue weighted by molar-refractivity contribution is 0.493. The Bertz CT molecular complexity index is 310. The van der Waals surface area contributed by atoms with E-state index in [0.717, 1.165) is 5.82 Å². The highest BCUT2D eigenvalue weighted by atomic mass is 31.2. The molecule has 0 spiro atoms. The Kier molecular flexibility index (Phi) is 2.69. The average Bonchev–Trinajstić information content (AvgIpc) is 2.06. The zero-order chi connectivity index (χ0) is 9.03. The molecule has 3 nitrogen and oxygen atoms in total. The van der Waals surface area contributed by atoms with E-state index >= 15 is 0 Å². The van der Waals surface area contributed by atoms with Gasteiger partial charge in [-0.25, -0.2) is 5.50 Å². The molecule has 2 N–H and O–H groups in total. The average molecular weight is 183 g/mol. The zero-order valence-corrected chi connectivity index (χ0v) is 7.41. The summed E-state index contributed by atoms with van der Waals surface area (Å²) in [6.07, 6.45) is 0. The number of rotatable bonds is 3. The van der Waals surface area contributed by atoms with Gasteiger partial charge in [0.1, 0.15) is 5.75 Å². The number of para-hydroxylation sites is 1. The normalized spacial score (nSPS) is 14.8. The Morgan fingerprint density at radius 2 is 2.00 bits per heavy atom. The second kappa shape index (κ2) is 3.57. The molecule has 12 heavy (non-hydrogen) atoms. The molecule has 1 aromatic carbocycles. The van der Waals surface area contributed by atoms with Crippen LogP contribution in [0.25, 0.3) is 0 Å². The van der Waals surface area contributed by atoms with Gasteiger partial charge in [0.05, 0.1) is 0 Å². The second-order valence-electron chi connectivity index (χ2n) is 2.23. The Morgan fingerprint density at radius 1 is 1.42 bits per heavy atom. The van der Waals surface area contributed by atoms with Crippen LogP contribution in [0.4, 0.5) is 0 Å². The van der Waals surface area contributed by atoms with Gasteiger partial charge in [0.2, 0.25) is 0 Å². The molecule has 0 radical (unpaired) electrons. The summed E-state index contributed by atoms with van der Waals surface area (Å²) >= 11 is 0. The standard InChI is InChI=1S/C8H10NO2P/c1-2-12(9,10)11-8-6-4-3-5-7-8/h2-7H,1H2,(H2,9,10). The fraction of sp³-hybridized carbons (Fsp3) is 0. The van der Waals surface area contributed by atoms with Crippen molar-refractivity contribution in [3.8, 4) is 5.75 Å². The minimum absolute atomic E-state index is 0.489. The van der Waals surface area contributed by atoms with Crippen molar-refractivity contribution in [3.05, 3.63) is 42.7 Å². The monoisotopic (exact) mass is 183 g/mol. The van der Waals surface area contributed by atoms with Crippen LogP contribution in [-0.4, -0.2) is 0 Å². The van der Waals surface area contributed by atoms with Gasteiger partial charge in [-0.15, -0.1) is 0 Å². The van der Waals surface area contributed by atoms with Crippen LogP contribution >= 0.6 is 7.52 Å². The Labute approximate surface area is 71.4 Å². The van der Waals surface area contributed by atoms with Gasteiger partial charge in [0.15, 0.2) is 0 Å². The van der Waals surface area contributed by atoms with Crippen LogP contribution in [0.3, 0.4) is 0 Å². The minimum atomic E-state index is -3.13. The number of nitrogens with two attached hydrogens (primary N) is 1. The first-order valence-electron chi connectivity index (χ1n) is 3.40. The molecule has 0 aliphatic carbocycles. The fourth-order valence-electron chi connectivity index (χ4n) is 0.683. The summed E-state index contributed by atoms with van der Waals surface area (Å²) in [6, 6.07) is 8.76. The first-order chi connectivity index (χ1) is 5.64. The molecular weight excluding hydrogens is 173 g/mol. The van der Waals surface area contributed by atoms with E-state index in [4.69, 9.17) is 10.0 Å². The minimum Gasteiger partial charge on any atom is -0.430 e. The first kappa shape index (κ1) is 9.04. The fourth-order valence-corrected chi connectivity index (χ4v) is 1.21. The van der Waals surface area contributed by atoms with Crippen molar-refractivity contribution in [2.75, 3.05) is 0 Å². The lowest BCUT2D eigenvalue weighted by atomic mass is 10.3. The summed E-state index contributed by atoms with van der Waals surface area (Å²) in [5, 5.41) is 0. The van der Waals surface area contributed by atoms with E-state index in [1.807, 2.05) is 6.07 Å². The highest BCUT2D eigenvalue weighted by molar-refractivity contribution is 7.60. The van der Waals surface area contributed by atoms with Crippen LogP contribution in [-0.2, 0) is 4.57 Å². The highest BCUT2D eigenvalue weighted by Gasteiger charge is 2.11. The SMILES string of the molecule is C=CP(N)(=O)Oc1ccccc1. The maximum Gasteiger partial charge on any atom is 0.336 e. The van der Waals surface area contributed by atoms with E-state index in [1.165, 1.54) is 0 Å². The number of hydrogen-bond acceptors (Lipinski definition) is 2. The van der Waals surface area contributed by atoms with Gasteiger partial charge in [0, 0.05) is 5.82 Å². The lowest BCUT2D eigenvalue weighted by Crippen LogP contribution is -1.98. The number of hydrogen-bond donors (Lipinski definition) is 1. The maximum atomic E-state index is 11.2. The molecule has 4 heteroatoms. The van der Waals surface area contributed by atoms with Gasteiger partial charge in [-0.2, -0.15) is 0 Å². The molecule has 0 saturated carbocycles. The lowest BCUT2D eigenvalue weighted by Gasteiger charge is -2.09. The van der Waals surface area contributed by atoms with E-state index in [-0.39, 0.29) is 0 Å². The molecule has 0 bridgehead atoms. The third-order valence-corrected chi connectivity index (χ3v) is 2.25.